The quantitative estimate of drug-likeness (QED) is 0.630. The fraction of sp³-hybridized carbons (Fsp3) is 0.250. The van der Waals surface area contributed by atoms with Gasteiger partial charge in [0.2, 0.25) is 11.8 Å². The molecule has 0 unspecified atom stereocenters. The monoisotopic (exact) mass is 400 g/mol. The van der Waals surface area contributed by atoms with E-state index in [1.54, 1.807) is 6.26 Å². The van der Waals surface area contributed by atoms with Gasteiger partial charge in [-0.05, 0) is 23.8 Å². The number of amides is 2. The number of carbonyl (C=O) groups excluding carboxylic acids is 2. The molecule has 1 aromatic heterocycles. The highest BCUT2D eigenvalue weighted by atomic mass is 16.5. The number of likely N-dealkylation sites (tertiary alicyclic amines) is 1. The summed E-state index contributed by atoms with van der Waals surface area (Å²) in [6.07, 6.45) is 1.12. The zero-order valence-electron chi connectivity index (χ0n) is 16.2. The van der Waals surface area contributed by atoms with Crippen LogP contribution in [-0.2, 0) is 27.5 Å². The van der Waals surface area contributed by atoms with E-state index in [4.69, 9.17) is 9.15 Å². The Kier molecular flexibility index (Phi) is 3.83. The molecular formula is C24H20N2O4. The molecule has 3 aliphatic heterocycles. The number of furan rings is 1. The summed E-state index contributed by atoms with van der Waals surface area (Å²) < 4.78 is 11.9. The zero-order valence-corrected chi connectivity index (χ0v) is 16.2. The lowest BCUT2D eigenvalue weighted by Crippen LogP contribution is -2.45. The summed E-state index contributed by atoms with van der Waals surface area (Å²) in [5.41, 5.74) is 2.98. The number of ether oxygens (including phenoxy) is 1. The van der Waals surface area contributed by atoms with Crippen molar-refractivity contribution in [2.24, 2.45) is 11.8 Å². The third kappa shape index (κ3) is 2.40. The molecule has 2 fully saturated rings. The van der Waals surface area contributed by atoms with Crippen molar-refractivity contribution < 1.29 is 18.7 Å². The van der Waals surface area contributed by atoms with Gasteiger partial charge in [-0.1, -0.05) is 48.5 Å². The Morgan fingerprint density at radius 3 is 2.43 bits per heavy atom. The molecule has 0 aliphatic carbocycles. The van der Waals surface area contributed by atoms with Crippen molar-refractivity contribution in [3.8, 4) is 0 Å². The van der Waals surface area contributed by atoms with E-state index in [1.165, 1.54) is 4.90 Å². The first-order valence-electron chi connectivity index (χ1n) is 10.1. The van der Waals surface area contributed by atoms with Gasteiger partial charge in [-0.3, -0.25) is 14.5 Å². The predicted molar refractivity (Wildman–Crippen MR) is 108 cm³/mol. The first-order chi connectivity index (χ1) is 14.7. The maximum atomic E-state index is 13.5. The molecule has 30 heavy (non-hydrogen) atoms. The number of anilines is 1. The van der Waals surface area contributed by atoms with Crippen LogP contribution < -0.4 is 4.90 Å². The molecule has 2 aromatic carbocycles. The van der Waals surface area contributed by atoms with Crippen LogP contribution >= 0.6 is 0 Å². The predicted octanol–water partition coefficient (Wildman–Crippen LogP) is 3.50. The molecule has 0 spiro atoms. The first-order valence-corrected chi connectivity index (χ1v) is 10.1. The summed E-state index contributed by atoms with van der Waals surface area (Å²) in [5.74, 6) is -0.744. The lowest BCUT2D eigenvalue weighted by atomic mass is 9.91. The third-order valence-electron chi connectivity index (χ3n) is 6.41. The van der Waals surface area contributed by atoms with E-state index in [0.29, 0.717) is 12.4 Å². The average Bonchev–Trinajstić information content (AvgIpc) is 3.47. The lowest BCUT2D eigenvalue weighted by molar-refractivity contribution is -0.142. The van der Waals surface area contributed by atoms with Gasteiger partial charge < -0.3 is 14.1 Å². The second-order valence-corrected chi connectivity index (χ2v) is 8.00. The molecule has 6 heteroatoms. The van der Waals surface area contributed by atoms with Gasteiger partial charge >= 0.3 is 0 Å². The van der Waals surface area contributed by atoms with Crippen LogP contribution in [0.25, 0.3) is 0 Å². The van der Waals surface area contributed by atoms with Gasteiger partial charge in [0.25, 0.3) is 0 Å². The molecule has 2 saturated heterocycles. The molecule has 0 N–H and O–H groups in total. The van der Waals surface area contributed by atoms with E-state index in [1.807, 2.05) is 66.7 Å². The summed E-state index contributed by atoms with van der Waals surface area (Å²) in [6, 6.07) is 20.9. The minimum Gasteiger partial charge on any atom is -0.467 e. The number of rotatable bonds is 3. The van der Waals surface area contributed by atoms with Gasteiger partial charge in [-0.2, -0.15) is 0 Å². The number of nitrogens with zero attached hydrogens (tertiary/aromatic N) is 2. The number of para-hydroxylation sites is 1. The number of carbonyl (C=O) groups is 2. The van der Waals surface area contributed by atoms with Crippen molar-refractivity contribution in [3.63, 3.8) is 0 Å². The second-order valence-electron chi connectivity index (χ2n) is 8.00. The van der Waals surface area contributed by atoms with Crippen molar-refractivity contribution in [2.45, 2.75) is 25.4 Å². The number of hydrogen-bond donors (Lipinski definition) is 0. The Morgan fingerprint density at radius 1 is 0.867 bits per heavy atom. The van der Waals surface area contributed by atoms with Crippen LogP contribution in [0.2, 0.25) is 0 Å². The van der Waals surface area contributed by atoms with Crippen LogP contribution in [0.15, 0.2) is 77.4 Å². The molecule has 150 valence electrons. The third-order valence-corrected chi connectivity index (χ3v) is 6.41. The maximum Gasteiger partial charge on any atom is 0.238 e. The first kappa shape index (κ1) is 17.5. The Balaban J connectivity index is 1.44. The van der Waals surface area contributed by atoms with Crippen molar-refractivity contribution >= 4 is 17.5 Å². The van der Waals surface area contributed by atoms with Crippen LogP contribution in [0, 0.1) is 11.8 Å². The summed E-state index contributed by atoms with van der Waals surface area (Å²) in [5, 5.41) is 0. The van der Waals surface area contributed by atoms with E-state index in [2.05, 4.69) is 4.90 Å². The molecule has 6 rings (SSSR count). The molecule has 6 nitrogen and oxygen atoms in total. The number of imide groups is 1. The van der Waals surface area contributed by atoms with Crippen LogP contribution in [0.4, 0.5) is 5.69 Å². The molecule has 4 atom stereocenters. The largest absolute Gasteiger partial charge is 0.467 e. The number of fused-ring (bicyclic) bond motifs is 5. The fourth-order valence-electron chi connectivity index (χ4n) is 5.14. The number of benzene rings is 2. The molecule has 4 heterocycles. The molecule has 3 aliphatic rings. The van der Waals surface area contributed by atoms with Crippen LogP contribution in [-0.4, -0.2) is 22.9 Å². The van der Waals surface area contributed by atoms with Crippen molar-refractivity contribution in [2.75, 3.05) is 4.90 Å². The van der Waals surface area contributed by atoms with Gasteiger partial charge in [0, 0.05) is 11.3 Å². The fourth-order valence-corrected chi connectivity index (χ4v) is 5.14. The Labute approximate surface area is 173 Å². The zero-order chi connectivity index (χ0) is 20.2. The second kappa shape index (κ2) is 6.57. The van der Waals surface area contributed by atoms with E-state index in [-0.39, 0.29) is 24.4 Å². The average molecular weight is 400 g/mol. The SMILES string of the molecule is O=C1[C@@H]2[C@H](C(=O)N1Cc1ccccc1)[C@@H](c1ccco1)N1c3ccccc3CO[C@H]21. The standard InChI is InChI=1S/C24H20N2O4/c27-22-19-20(23(28)25(22)13-15-7-2-1-3-8-15)24-26(21(19)18-11-6-12-29-18)17-10-5-4-9-16(17)14-30-24/h1-12,19-21,24H,13-14H2/t19-,20-,21+,24+/m0/s1. The lowest BCUT2D eigenvalue weighted by Gasteiger charge is -2.38. The molecule has 0 radical (unpaired) electrons. The van der Waals surface area contributed by atoms with Crippen LogP contribution in [0.3, 0.4) is 0 Å². The Bertz CT molecular complexity index is 1110. The highest BCUT2D eigenvalue weighted by molar-refractivity contribution is 6.07. The van der Waals surface area contributed by atoms with Gasteiger partial charge in [0.15, 0.2) is 0 Å². The van der Waals surface area contributed by atoms with Gasteiger partial charge in [-0.15, -0.1) is 0 Å². The van der Waals surface area contributed by atoms with E-state index in [9.17, 15) is 9.59 Å². The van der Waals surface area contributed by atoms with Crippen molar-refractivity contribution in [1.29, 1.82) is 0 Å². The summed E-state index contributed by atoms with van der Waals surface area (Å²) >= 11 is 0. The van der Waals surface area contributed by atoms with Crippen molar-refractivity contribution in [3.05, 3.63) is 89.9 Å². The molecule has 0 saturated carbocycles. The normalized spacial score (nSPS) is 27.2. The summed E-state index contributed by atoms with van der Waals surface area (Å²) in [4.78, 5) is 30.5. The highest BCUT2D eigenvalue weighted by Gasteiger charge is 2.64. The van der Waals surface area contributed by atoms with Crippen LogP contribution in [0.5, 0.6) is 0 Å². The maximum absolute atomic E-state index is 13.5. The van der Waals surface area contributed by atoms with Crippen molar-refractivity contribution in [1.82, 2.24) is 4.90 Å². The van der Waals surface area contributed by atoms with E-state index < -0.39 is 18.1 Å². The minimum absolute atomic E-state index is 0.161. The van der Waals surface area contributed by atoms with Gasteiger partial charge in [-0.25, -0.2) is 0 Å². The Morgan fingerprint density at radius 2 is 1.63 bits per heavy atom. The molecule has 2 amide bonds. The smallest absolute Gasteiger partial charge is 0.238 e. The van der Waals surface area contributed by atoms with E-state index in [0.717, 1.165) is 16.8 Å². The number of hydrogen-bond acceptors (Lipinski definition) is 5. The van der Waals surface area contributed by atoms with Gasteiger partial charge in [0.1, 0.15) is 18.0 Å². The minimum atomic E-state index is -0.551. The summed E-state index contributed by atoms with van der Waals surface area (Å²) in [6.45, 7) is 0.700. The molecule has 0 bridgehead atoms. The molecular weight excluding hydrogens is 380 g/mol. The Hall–Kier alpha value is -3.38. The molecule has 3 aromatic rings. The summed E-state index contributed by atoms with van der Waals surface area (Å²) in [7, 11) is 0. The van der Waals surface area contributed by atoms with Crippen LogP contribution in [0.1, 0.15) is 22.9 Å². The topological polar surface area (TPSA) is 63.0 Å². The highest BCUT2D eigenvalue weighted by Crippen LogP contribution is 2.54. The van der Waals surface area contributed by atoms with Gasteiger partial charge in [0.05, 0.1) is 31.3 Å². The van der Waals surface area contributed by atoms with E-state index >= 15 is 0 Å².